The van der Waals surface area contributed by atoms with E-state index in [1.54, 1.807) is 0 Å². The van der Waals surface area contributed by atoms with Crippen LogP contribution < -0.4 is 10.8 Å². The van der Waals surface area contributed by atoms with Gasteiger partial charge in [-0.3, -0.25) is 4.79 Å². The molecule has 0 radical (unpaired) electrons. The van der Waals surface area contributed by atoms with Crippen LogP contribution in [0.1, 0.15) is 10.4 Å². The van der Waals surface area contributed by atoms with Crippen molar-refractivity contribution in [1.29, 1.82) is 0 Å². The SMILES string of the molecule is Bc1ccc2c3c(cccc13)C(=O)N2. The van der Waals surface area contributed by atoms with E-state index in [0.717, 1.165) is 16.6 Å². The summed E-state index contributed by atoms with van der Waals surface area (Å²) in [6.07, 6.45) is 0. The summed E-state index contributed by atoms with van der Waals surface area (Å²) < 4.78 is 0. The Morgan fingerprint density at radius 2 is 2.00 bits per heavy atom. The third kappa shape index (κ3) is 0.790. The molecule has 0 spiro atoms. The van der Waals surface area contributed by atoms with Crippen molar-refractivity contribution in [1.82, 2.24) is 0 Å². The largest absolute Gasteiger partial charge is 0.321 e. The number of hydrogen-bond acceptors (Lipinski definition) is 1. The minimum Gasteiger partial charge on any atom is -0.321 e. The van der Waals surface area contributed by atoms with Crippen LogP contribution in [0.5, 0.6) is 0 Å². The van der Waals surface area contributed by atoms with Crippen molar-refractivity contribution in [2.24, 2.45) is 0 Å². The highest BCUT2D eigenvalue weighted by Crippen LogP contribution is 2.31. The van der Waals surface area contributed by atoms with E-state index >= 15 is 0 Å². The molecule has 0 bridgehead atoms. The maximum absolute atomic E-state index is 11.5. The lowest BCUT2D eigenvalue weighted by Crippen LogP contribution is -2.03. The molecule has 0 saturated heterocycles. The molecule has 0 aromatic heterocycles. The lowest BCUT2D eigenvalue weighted by molar-refractivity contribution is 0.103. The first-order valence-corrected chi connectivity index (χ1v) is 4.61. The number of benzene rings is 2. The van der Waals surface area contributed by atoms with Crippen LogP contribution in [-0.2, 0) is 0 Å². The van der Waals surface area contributed by atoms with Gasteiger partial charge in [-0.1, -0.05) is 23.7 Å². The summed E-state index contributed by atoms with van der Waals surface area (Å²) in [6, 6.07) is 9.85. The molecule has 0 unspecified atom stereocenters. The Kier molecular flexibility index (Phi) is 1.30. The Labute approximate surface area is 82.3 Å². The Hall–Kier alpha value is -1.77. The number of nitrogens with one attached hydrogen (secondary N) is 1. The van der Waals surface area contributed by atoms with Crippen LogP contribution in [0.4, 0.5) is 5.69 Å². The summed E-state index contributed by atoms with van der Waals surface area (Å²) in [5.41, 5.74) is 2.94. The zero-order valence-corrected chi connectivity index (χ0v) is 7.79. The quantitative estimate of drug-likeness (QED) is 0.594. The molecule has 0 saturated carbocycles. The molecule has 0 fully saturated rings. The fourth-order valence-corrected chi connectivity index (χ4v) is 2.04. The number of carbonyl (C=O) groups excluding carboxylic acids is 1. The Morgan fingerprint density at radius 3 is 2.86 bits per heavy atom. The molecule has 0 atom stereocenters. The zero-order chi connectivity index (χ0) is 9.71. The van der Waals surface area contributed by atoms with Crippen LogP contribution in [0.3, 0.4) is 0 Å². The molecule has 1 heterocycles. The van der Waals surface area contributed by atoms with Crippen molar-refractivity contribution in [2.45, 2.75) is 0 Å². The van der Waals surface area contributed by atoms with Gasteiger partial charge < -0.3 is 5.32 Å². The van der Waals surface area contributed by atoms with Gasteiger partial charge in [-0.25, -0.2) is 0 Å². The second-order valence-corrected chi connectivity index (χ2v) is 3.61. The lowest BCUT2D eigenvalue weighted by Gasteiger charge is -2.02. The number of hydrogen-bond donors (Lipinski definition) is 1. The highest BCUT2D eigenvalue weighted by atomic mass is 16.1. The summed E-state index contributed by atoms with van der Waals surface area (Å²) in [5.74, 6) is 0.0104. The third-order valence-electron chi connectivity index (χ3n) is 2.75. The van der Waals surface area contributed by atoms with E-state index in [2.05, 4.69) is 19.2 Å². The molecular weight excluding hydrogens is 173 g/mol. The number of anilines is 1. The van der Waals surface area contributed by atoms with Crippen molar-refractivity contribution in [3.63, 3.8) is 0 Å². The van der Waals surface area contributed by atoms with E-state index in [1.807, 2.05) is 24.3 Å². The fourth-order valence-electron chi connectivity index (χ4n) is 2.04. The van der Waals surface area contributed by atoms with Gasteiger partial charge in [0, 0.05) is 16.6 Å². The van der Waals surface area contributed by atoms with Gasteiger partial charge in [0.25, 0.3) is 5.91 Å². The van der Waals surface area contributed by atoms with E-state index in [4.69, 9.17) is 0 Å². The van der Waals surface area contributed by atoms with Gasteiger partial charge >= 0.3 is 0 Å². The predicted octanol–water partition coefficient (Wildman–Crippen LogP) is 0.664. The maximum atomic E-state index is 11.5. The topological polar surface area (TPSA) is 29.1 Å². The minimum atomic E-state index is 0.0104. The molecule has 0 aliphatic carbocycles. The van der Waals surface area contributed by atoms with Crippen LogP contribution in [0.25, 0.3) is 10.8 Å². The number of rotatable bonds is 0. The minimum absolute atomic E-state index is 0.0104. The van der Waals surface area contributed by atoms with E-state index in [1.165, 1.54) is 10.8 Å². The molecule has 2 nitrogen and oxygen atoms in total. The highest BCUT2D eigenvalue weighted by Gasteiger charge is 2.20. The van der Waals surface area contributed by atoms with Crippen molar-refractivity contribution >= 4 is 35.7 Å². The average molecular weight is 181 g/mol. The van der Waals surface area contributed by atoms with E-state index in [0.29, 0.717) is 0 Å². The van der Waals surface area contributed by atoms with Gasteiger partial charge in [0.1, 0.15) is 7.85 Å². The van der Waals surface area contributed by atoms with Gasteiger partial charge in [-0.15, -0.1) is 0 Å². The molecule has 1 amide bonds. The summed E-state index contributed by atoms with van der Waals surface area (Å²) >= 11 is 0. The van der Waals surface area contributed by atoms with Gasteiger partial charge in [0.2, 0.25) is 0 Å². The molecule has 2 aromatic rings. The fraction of sp³-hybridized carbons (Fsp3) is 0. The Morgan fingerprint density at radius 1 is 1.14 bits per heavy atom. The third-order valence-corrected chi connectivity index (χ3v) is 2.75. The Bertz CT molecular complexity index is 562. The van der Waals surface area contributed by atoms with Crippen LogP contribution in [0.2, 0.25) is 0 Å². The van der Waals surface area contributed by atoms with Crippen LogP contribution in [-0.4, -0.2) is 13.8 Å². The second kappa shape index (κ2) is 2.38. The summed E-state index contributed by atoms with van der Waals surface area (Å²) in [6.45, 7) is 0. The monoisotopic (exact) mass is 181 g/mol. The molecule has 2 aromatic carbocycles. The highest BCUT2D eigenvalue weighted by molar-refractivity contribution is 6.41. The van der Waals surface area contributed by atoms with Crippen LogP contribution in [0.15, 0.2) is 30.3 Å². The molecule has 3 rings (SSSR count). The molecule has 66 valence electrons. The van der Waals surface area contributed by atoms with E-state index in [9.17, 15) is 4.79 Å². The smallest absolute Gasteiger partial charge is 0.256 e. The van der Waals surface area contributed by atoms with E-state index in [-0.39, 0.29) is 5.91 Å². The first-order valence-electron chi connectivity index (χ1n) is 4.61. The summed E-state index contributed by atoms with van der Waals surface area (Å²) in [4.78, 5) is 11.5. The predicted molar refractivity (Wildman–Crippen MR) is 60.1 cm³/mol. The second-order valence-electron chi connectivity index (χ2n) is 3.61. The zero-order valence-electron chi connectivity index (χ0n) is 7.79. The molecule has 14 heavy (non-hydrogen) atoms. The van der Waals surface area contributed by atoms with Crippen molar-refractivity contribution < 1.29 is 4.79 Å². The lowest BCUT2D eigenvalue weighted by atomic mass is 9.89. The van der Waals surface area contributed by atoms with Crippen LogP contribution >= 0.6 is 0 Å². The first kappa shape index (κ1) is 7.62. The van der Waals surface area contributed by atoms with Gasteiger partial charge in [-0.2, -0.15) is 0 Å². The van der Waals surface area contributed by atoms with Crippen molar-refractivity contribution in [2.75, 3.05) is 5.32 Å². The van der Waals surface area contributed by atoms with Crippen molar-refractivity contribution in [3.8, 4) is 0 Å². The summed E-state index contributed by atoms with van der Waals surface area (Å²) in [7, 11) is 2.06. The standard InChI is InChI=1S/C11H8BNO/c12-8-4-5-9-10-6(8)2-1-3-7(10)11(14)13-9/h1-5H,12H2,(H,13,14). The first-order chi connectivity index (χ1) is 6.77. The number of carbonyl (C=O) groups is 1. The molecule has 1 aliphatic heterocycles. The van der Waals surface area contributed by atoms with Gasteiger partial charge in [0.15, 0.2) is 0 Å². The maximum Gasteiger partial charge on any atom is 0.256 e. The van der Waals surface area contributed by atoms with Crippen molar-refractivity contribution in [3.05, 3.63) is 35.9 Å². The molecular formula is C11H8BNO. The normalized spacial score (nSPS) is 13.3. The van der Waals surface area contributed by atoms with Crippen LogP contribution in [0, 0.1) is 0 Å². The molecule has 1 aliphatic rings. The average Bonchev–Trinajstić information content (AvgIpc) is 2.52. The molecule has 3 heteroatoms. The summed E-state index contributed by atoms with van der Waals surface area (Å²) in [5, 5.41) is 5.09. The Balaban J connectivity index is 2.58. The number of amides is 1. The molecule has 1 N–H and O–H groups in total. The van der Waals surface area contributed by atoms with Gasteiger partial charge in [-0.05, 0) is 17.5 Å². The van der Waals surface area contributed by atoms with Gasteiger partial charge in [0.05, 0.1) is 0 Å². The van der Waals surface area contributed by atoms with E-state index < -0.39 is 0 Å².